The van der Waals surface area contributed by atoms with E-state index < -0.39 is 36.4 Å². The standard InChI is InChI=1S/C23H27F2NO4/c1-3-4-5-6-16(2)20(27)12-11-19-15-23(24,25)22(30)26(19)14-13-17-7-9-18(10-8-17)21(28)29/h7-12,16,19-20,27H,3,6,13-15H2,1-2H3,(H,28,29)/b12-11+. The Labute approximate surface area is 175 Å². The lowest BCUT2D eigenvalue weighted by molar-refractivity contribution is -0.148. The monoisotopic (exact) mass is 419 g/mol. The van der Waals surface area contributed by atoms with Crippen molar-refractivity contribution in [2.75, 3.05) is 6.54 Å². The van der Waals surface area contributed by atoms with Crippen LogP contribution in [0.4, 0.5) is 8.78 Å². The highest BCUT2D eigenvalue weighted by Gasteiger charge is 2.52. The van der Waals surface area contributed by atoms with Crippen molar-refractivity contribution < 1.29 is 28.6 Å². The van der Waals surface area contributed by atoms with Crippen LogP contribution in [0.25, 0.3) is 0 Å². The van der Waals surface area contributed by atoms with E-state index in [1.54, 1.807) is 12.1 Å². The van der Waals surface area contributed by atoms with E-state index in [0.29, 0.717) is 12.8 Å². The summed E-state index contributed by atoms with van der Waals surface area (Å²) in [5.74, 6) is 0.0181. The Morgan fingerprint density at radius 1 is 1.33 bits per heavy atom. The van der Waals surface area contributed by atoms with Gasteiger partial charge in [-0.05, 0) is 30.0 Å². The van der Waals surface area contributed by atoms with Crippen LogP contribution in [0.5, 0.6) is 0 Å². The molecule has 1 aromatic rings. The van der Waals surface area contributed by atoms with E-state index in [4.69, 9.17) is 5.11 Å². The topological polar surface area (TPSA) is 77.8 Å². The zero-order chi connectivity index (χ0) is 22.3. The van der Waals surface area contributed by atoms with E-state index in [2.05, 4.69) is 11.8 Å². The van der Waals surface area contributed by atoms with Crippen LogP contribution in [0.3, 0.4) is 0 Å². The molecule has 0 radical (unpaired) electrons. The highest BCUT2D eigenvalue weighted by molar-refractivity contribution is 5.87. The van der Waals surface area contributed by atoms with Crippen LogP contribution >= 0.6 is 0 Å². The number of hydrogen-bond acceptors (Lipinski definition) is 3. The average Bonchev–Trinajstić information content (AvgIpc) is 2.93. The van der Waals surface area contributed by atoms with Crippen LogP contribution in [0.2, 0.25) is 0 Å². The SMILES string of the molecule is CCC#CCC(C)C(O)/C=C/C1CC(F)(F)C(=O)N1CCc1ccc(C(=O)O)cc1. The number of alkyl halides is 2. The number of carboxylic acid groups (broad SMARTS) is 1. The summed E-state index contributed by atoms with van der Waals surface area (Å²) in [6, 6.07) is 5.28. The Morgan fingerprint density at radius 2 is 2.00 bits per heavy atom. The number of aliphatic hydroxyl groups excluding tert-OH is 1. The summed E-state index contributed by atoms with van der Waals surface area (Å²) in [5.41, 5.74) is 0.879. The molecule has 2 N–H and O–H groups in total. The van der Waals surface area contributed by atoms with Gasteiger partial charge in [-0.2, -0.15) is 8.78 Å². The molecule has 7 heteroatoms. The molecule has 2 rings (SSSR count). The Morgan fingerprint density at radius 3 is 2.60 bits per heavy atom. The normalized spacial score (nSPS) is 20.1. The number of halogens is 2. The molecule has 0 aliphatic carbocycles. The number of carboxylic acids is 1. The van der Waals surface area contributed by atoms with E-state index in [1.165, 1.54) is 24.3 Å². The number of likely N-dealkylation sites (tertiary alicyclic amines) is 1. The molecule has 1 heterocycles. The summed E-state index contributed by atoms with van der Waals surface area (Å²) in [4.78, 5) is 24.2. The van der Waals surface area contributed by atoms with Gasteiger partial charge >= 0.3 is 11.9 Å². The first-order valence-electron chi connectivity index (χ1n) is 9.99. The quantitative estimate of drug-likeness (QED) is 0.499. The third-order valence-electron chi connectivity index (χ3n) is 5.12. The molecular formula is C23H27F2NO4. The number of benzene rings is 1. The number of hydrogen-bond donors (Lipinski definition) is 2. The number of rotatable bonds is 8. The number of carbonyl (C=O) groups excluding carboxylic acids is 1. The molecule has 3 atom stereocenters. The van der Waals surface area contributed by atoms with Crippen molar-refractivity contribution in [3.05, 3.63) is 47.5 Å². The van der Waals surface area contributed by atoms with E-state index in [9.17, 15) is 23.5 Å². The summed E-state index contributed by atoms with van der Waals surface area (Å²) >= 11 is 0. The minimum atomic E-state index is -3.44. The molecule has 162 valence electrons. The van der Waals surface area contributed by atoms with Crippen LogP contribution in [-0.2, 0) is 11.2 Å². The second-order valence-corrected chi connectivity index (χ2v) is 7.49. The highest BCUT2D eigenvalue weighted by atomic mass is 19.3. The number of nitrogens with zero attached hydrogens (tertiary/aromatic N) is 1. The van der Waals surface area contributed by atoms with E-state index in [0.717, 1.165) is 16.9 Å². The van der Waals surface area contributed by atoms with Gasteiger partial charge in [0.2, 0.25) is 0 Å². The van der Waals surface area contributed by atoms with Crippen molar-refractivity contribution in [3.8, 4) is 11.8 Å². The van der Waals surface area contributed by atoms with Crippen LogP contribution < -0.4 is 0 Å². The van der Waals surface area contributed by atoms with Gasteiger partial charge in [0.05, 0.1) is 17.7 Å². The maximum absolute atomic E-state index is 14.0. The second-order valence-electron chi connectivity index (χ2n) is 7.49. The smallest absolute Gasteiger partial charge is 0.335 e. The lowest BCUT2D eigenvalue weighted by atomic mass is 9.99. The lowest BCUT2D eigenvalue weighted by Crippen LogP contribution is -2.37. The predicted octanol–water partition coefficient (Wildman–Crippen LogP) is 3.52. The van der Waals surface area contributed by atoms with Gasteiger partial charge in [-0.25, -0.2) is 4.79 Å². The molecule has 1 fully saturated rings. The Hall–Kier alpha value is -2.72. The van der Waals surface area contributed by atoms with Crippen molar-refractivity contribution in [3.63, 3.8) is 0 Å². The third-order valence-corrected chi connectivity index (χ3v) is 5.12. The fourth-order valence-corrected chi connectivity index (χ4v) is 3.23. The van der Waals surface area contributed by atoms with Gasteiger partial charge in [-0.15, -0.1) is 11.8 Å². The molecule has 1 aliphatic heterocycles. The van der Waals surface area contributed by atoms with Crippen molar-refractivity contribution in [2.45, 2.75) is 57.6 Å². The first-order chi connectivity index (χ1) is 14.2. The molecule has 0 saturated carbocycles. The first-order valence-corrected chi connectivity index (χ1v) is 9.99. The highest BCUT2D eigenvalue weighted by Crippen LogP contribution is 2.34. The number of aliphatic hydroxyl groups is 1. The number of amides is 1. The molecule has 1 saturated heterocycles. The molecule has 1 amide bonds. The number of aromatic carboxylic acids is 1. The Kier molecular flexibility index (Phi) is 8.13. The van der Waals surface area contributed by atoms with Crippen molar-refractivity contribution in [1.29, 1.82) is 0 Å². The van der Waals surface area contributed by atoms with Gasteiger partial charge in [0.25, 0.3) is 5.91 Å². The molecule has 5 nitrogen and oxygen atoms in total. The lowest BCUT2D eigenvalue weighted by Gasteiger charge is -2.22. The van der Waals surface area contributed by atoms with Crippen molar-refractivity contribution in [1.82, 2.24) is 4.90 Å². The molecule has 0 aromatic heterocycles. The molecule has 30 heavy (non-hydrogen) atoms. The fourth-order valence-electron chi connectivity index (χ4n) is 3.23. The predicted molar refractivity (Wildman–Crippen MR) is 109 cm³/mol. The Balaban J connectivity index is 2.04. The third kappa shape index (κ3) is 6.14. The van der Waals surface area contributed by atoms with Gasteiger partial charge in [0.15, 0.2) is 0 Å². The van der Waals surface area contributed by atoms with Gasteiger partial charge in [-0.1, -0.05) is 38.1 Å². The van der Waals surface area contributed by atoms with Gasteiger partial charge < -0.3 is 15.1 Å². The summed E-state index contributed by atoms with van der Waals surface area (Å²) in [6.45, 7) is 3.83. The van der Waals surface area contributed by atoms with Crippen LogP contribution in [0, 0.1) is 17.8 Å². The van der Waals surface area contributed by atoms with Gasteiger partial charge in [0.1, 0.15) is 0 Å². The minimum Gasteiger partial charge on any atom is -0.478 e. The van der Waals surface area contributed by atoms with E-state index in [-0.39, 0.29) is 18.0 Å². The van der Waals surface area contributed by atoms with E-state index >= 15 is 0 Å². The minimum absolute atomic E-state index is 0.0729. The van der Waals surface area contributed by atoms with Crippen molar-refractivity contribution >= 4 is 11.9 Å². The second kappa shape index (κ2) is 10.4. The summed E-state index contributed by atoms with van der Waals surface area (Å²) in [5, 5.41) is 19.2. The maximum atomic E-state index is 14.0. The summed E-state index contributed by atoms with van der Waals surface area (Å²) in [6.07, 6.45) is 3.01. The molecule has 3 unspecified atom stereocenters. The Bertz CT molecular complexity index is 839. The van der Waals surface area contributed by atoms with Crippen molar-refractivity contribution in [2.24, 2.45) is 5.92 Å². The molecule has 0 spiro atoms. The summed E-state index contributed by atoms with van der Waals surface area (Å²) in [7, 11) is 0. The molecular weight excluding hydrogens is 392 g/mol. The summed E-state index contributed by atoms with van der Waals surface area (Å²) < 4.78 is 28.0. The average molecular weight is 419 g/mol. The molecule has 1 aromatic carbocycles. The van der Waals surface area contributed by atoms with Gasteiger partial charge in [-0.3, -0.25) is 4.79 Å². The van der Waals surface area contributed by atoms with Crippen LogP contribution in [0.15, 0.2) is 36.4 Å². The van der Waals surface area contributed by atoms with Gasteiger partial charge in [0, 0.05) is 25.8 Å². The first kappa shape index (κ1) is 23.6. The number of carbonyl (C=O) groups is 2. The van der Waals surface area contributed by atoms with Crippen LogP contribution in [0.1, 0.15) is 49.0 Å². The molecule has 0 bridgehead atoms. The van der Waals surface area contributed by atoms with E-state index in [1.807, 2.05) is 13.8 Å². The molecule has 1 aliphatic rings. The zero-order valence-electron chi connectivity index (χ0n) is 17.1. The maximum Gasteiger partial charge on any atom is 0.335 e. The van der Waals surface area contributed by atoms with Crippen LogP contribution in [-0.4, -0.2) is 51.6 Å². The largest absolute Gasteiger partial charge is 0.478 e. The zero-order valence-corrected chi connectivity index (χ0v) is 17.1. The fraction of sp³-hybridized carbons (Fsp3) is 0.478.